The Labute approximate surface area is 143 Å². The minimum atomic E-state index is -0.383. The van der Waals surface area contributed by atoms with E-state index in [2.05, 4.69) is 21.0 Å². The molecule has 0 spiro atoms. The van der Waals surface area contributed by atoms with Gasteiger partial charge in [-0.2, -0.15) is 0 Å². The van der Waals surface area contributed by atoms with Crippen LogP contribution in [0.25, 0.3) is 22.0 Å². The zero-order chi connectivity index (χ0) is 17.2. The number of benzene rings is 2. The Balaban J connectivity index is 1.89. The predicted octanol–water partition coefficient (Wildman–Crippen LogP) is 4.12. The lowest BCUT2D eigenvalue weighted by Gasteiger charge is -2.09. The number of pyridine rings is 1. The average Bonchev–Trinajstić information content (AvgIpc) is 3.14. The van der Waals surface area contributed by atoms with Gasteiger partial charge in [-0.1, -0.05) is 18.2 Å². The number of aromatic nitrogens is 3. The number of hydrogen-bond donors (Lipinski definition) is 1. The fourth-order valence-corrected chi connectivity index (χ4v) is 2.95. The highest BCUT2D eigenvalue weighted by atomic mass is 16.6. The number of nitro groups is 1. The molecule has 0 aliphatic heterocycles. The van der Waals surface area contributed by atoms with Crippen LogP contribution in [0.1, 0.15) is 11.4 Å². The van der Waals surface area contributed by atoms with E-state index in [0.717, 1.165) is 33.4 Å². The Hall–Kier alpha value is -3.54. The third kappa shape index (κ3) is 2.97. The molecule has 0 bridgehead atoms. The minimum Gasteiger partial charge on any atom is -0.348 e. The van der Waals surface area contributed by atoms with Gasteiger partial charge < -0.3 is 4.98 Å². The van der Waals surface area contributed by atoms with E-state index in [0.29, 0.717) is 6.42 Å². The van der Waals surface area contributed by atoms with Crippen LogP contribution in [0.4, 0.5) is 5.69 Å². The number of hydrogen-bond acceptors (Lipinski definition) is 4. The molecular formula is C19H14N4O2. The summed E-state index contributed by atoms with van der Waals surface area (Å²) in [6.45, 7) is 0. The molecule has 0 saturated carbocycles. The van der Waals surface area contributed by atoms with Crippen molar-refractivity contribution >= 4 is 16.6 Å². The number of nitrogens with one attached hydrogen (secondary N) is 1. The first kappa shape index (κ1) is 15.0. The molecule has 0 unspecified atom stereocenters. The summed E-state index contributed by atoms with van der Waals surface area (Å²) in [5, 5.41) is 12.1. The first-order valence-corrected chi connectivity index (χ1v) is 7.81. The third-order valence-electron chi connectivity index (χ3n) is 4.06. The SMILES string of the molecule is O=[N+]([O-])c1cccc(-c2cc(Cc3ncc[nH]3)cc3cccnc23)c1. The number of non-ortho nitro benzene ring substituents is 1. The van der Waals surface area contributed by atoms with Crippen LogP contribution in [0.15, 0.2) is 67.1 Å². The standard InChI is InChI=1S/C19H14N4O2/c24-23(25)16-5-1-3-14(12-16)17-10-13(11-18-20-7-8-21-18)9-15-4-2-6-22-19(15)17/h1-10,12H,11H2,(H,20,21). The Bertz CT molecular complexity index is 1060. The van der Waals surface area contributed by atoms with Crippen molar-refractivity contribution < 1.29 is 4.92 Å². The van der Waals surface area contributed by atoms with Gasteiger partial charge in [0.1, 0.15) is 5.82 Å². The molecule has 0 aliphatic rings. The summed E-state index contributed by atoms with van der Waals surface area (Å²) in [5.41, 5.74) is 3.61. The molecule has 1 N–H and O–H groups in total. The zero-order valence-electron chi connectivity index (χ0n) is 13.2. The number of nitrogens with zero attached hydrogens (tertiary/aromatic N) is 3. The summed E-state index contributed by atoms with van der Waals surface area (Å²) in [5.74, 6) is 0.869. The summed E-state index contributed by atoms with van der Waals surface area (Å²) in [4.78, 5) is 22.6. The molecule has 0 fully saturated rings. The van der Waals surface area contributed by atoms with Crippen LogP contribution in [0, 0.1) is 10.1 Å². The van der Waals surface area contributed by atoms with Crippen LogP contribution in [0.3, 0.4) is 0 Å². The van der Waals surface area contributed by atoms with Crippen LogP contribution >= 0.6 is 0 Å². The number of fused-ring (bicyclic) bond motifs is 1. The maximum absolute atomic E-state index is 11.1. The lowest BCUT2D eigenvalue weighted by atomic mass is 9.97. The fraction of sp³-hybridized carbons (Fsp3) is 0.0526. The summed E-state index contributed by atoms with van der Waals surface area (Å²) in [6.07, 6.45) is 5.90. The van der Waals surface area contributed by atoms with Crippen molar-refractivity contribution in [3.63, 3.8) is 0 Å². The molecule has 0 saturated heterocycles. The number of nitro benzene ring substituents is 1. The molecule has 6 nitrogen and oxygen atoms in total. The van der Waals surface area contributed by atoms with Crippen molar-refractivity contribution in [1.29, 1.82) is 0 Å². The first-order chi connectivity index (χ1) is 12.2. The second-order valence-corrected chi connectivity index (χ2v) is 5.74. The van der Waals surface area contributed by atoms with Crippen molar-refractivity contribution in [2.45, 2.75) is 6.42 Å². The zero-order valence-corrected chi connectivity index (χ0v) is 13.2. The van der Waals surface area contributed by atoms with Gasteiger partial charge in [0, 0.05) is 48.1 Å². The number of rotatable bonds is 4. The van der Waals surface area contributed by atoms with Gasteiger partial charge in [0.15, 0.2) is 0 Å². The highest BCUT2D eigenvalue weighted by Crippen LogP contribution is 2.31. The Kier molecular flexibility index (Phi) is 3.70. The van der Waals surface area contributed by atoms with E-state index in [1.807, 2.05) is 24.3 Å². The van der Waals surface area contributed by atoms with Crippen LogP contribution in [-0.4, -0.2) is 19.9 Å². The van der Waals surface area contributed by atoms with Gasteiger partial charge in [-0.05, 0) is 29.3 Å². The number of H-pyrrole nitrogens is 1. The molecule has 0 atom stereocenters. The van der Waals surface area contributed by atoms with Crippen molar-refractivity contribution in [1.82, 2.24) is 15.0 Å². The average molecular weight is 330 g/mol. The van der Waals surface area contributed by atoms with Gasteiger partial charge in [-0.15, -0.1) is 0 Å². The molecule has 4 aromatic rings. The lowest BCUT2D eigenvalue weighted by molar-refractivity contribution is -0.384. The number of aromatic amines is 1. The van der Waals surface area contributed by atoms with Gasteiger partial charge in [0.2, 0.25) is 0 Å². The molecule has 0 aliphatic carbocycles. The normalized spacial score (nSPS) is 10.9. The van der Waals surface area contributed by atoms with E-state index >= 15 is 0 Å². The molecule has 0 radical (unpaired) electrons. The summed E-state index contributed by atoms with van der Waals surface area (Å²) in [6, 6.07) is 14.6. The van der Waals surface area contributed by atoms with Crippen molar-refractivity contribution in [2.24, 2.45) is 0 Å². The van der Waals surface area contributed by atoms with Crippen LogP contribution in [0.5, 0.6) is 0 Å². The van der Waals surface area contributed by atoms with Gasteiger partial charge >= 0.3 is 0 Å². The molecular weight excluding hydrogens is 316 g/mol. The molecule has 25 heavy (non-hydrogen) atoms. The molecule has 2 aromatic heterocycles. The van der Waals surface area contributed by atoms with E-state index in [-0.39, 0.29) is 10.6 Å². The van der Waals surface area contributed by atoms with Gasteiger partial charge in [0.05, 0.1) is 10.4 Å². The van der Waals surface area contributed by atoms with Gasteiger partial charge in [0.25, 0.3) is 5.69 Å². The Morgan fingerprint density at radius 2 is 1.96 bits per heavy atom. The van der Waals surface area contributed by atoms with E-state index in [1.54, 1.807) is 30.7 Å². The monoisotopic (exact) mass is 330 g/mol. The van der Waals surface area contributed by atoms with Gasteiger partial charge in [-0.25, -0.2) is 4.98 Å². The summed E-state index contributed by atoms with van der Waals surface area (Å²) >= 11 is 0. The molecule has 122 valence electrons. The number of imidazole rings is 1. The highest BCUT2D eigenvalue weighted by molar-refractivity contribution is 5.94. The van der Waals surface area contributed by atoms with Crippen LogP contribution in [-0.2, 0) is 6.42 Å². The predicted molar refractivity (Wildman–Crippen MR) is 95.2 cm³/mol. The van der Waals surface area contributed by atoms with Crippen LogP contribution in [0.2, 0.25) is 0 Å². The van der Waals surface area contributed by atoms with Crippen molar-refractivity contribution in [3.8, 4) is 11.1 Å². The molecule has 6 heteroatoms. The van der Waals surface area contributed by atoms with E-state index in [9.17, 15) is 10.1 Å². The Morgan fingerprint density at radius 3 is 2.76 bits per heavy atom. The fourth-order valence-electron chi connectivity index (χ4n) is 2.95. The summed E-state index contributed by atoms with van der Waals surface area (Å²) in [7, 11) is 0. The van der Waals surface area contributed by atoms with E-state index < -0.39 is 0 Å². The van der Waals surface area contributed by atoms with E-state index in [1.165, 1.54) is 6.07 Å². The van der Waals surface area contributed by atoms with E-state index in [4.69, 9.17) is 0 Å². The molecule has 4 rings (SSSR count). The molecule has 2 aromatic carbocycles. The lowest BCUT2D eigenvalue weighted by Crippen LogP contribution is -1.94. The second kappa shape index (κ2) is 6.16. The largest absolute Gasteiger partial charge is 0.348 e. The van der Waals surface area contributed by atoms with Gasteiger partial charge in [-0.3, -0.25) is 15.1 Å². The second-order valence-electron chi connectivity index (χ2n) is 5.74. The quantitative estimate of drug-likeness (QED) is 0.450. The van der Waals surface area contributed by atoms with Crippen LogP contribution < -0.4 is 0 Å². The smallest absolute Gasteiger partial charge is 0.270 e. The Morgan fingerprint density at radius 1 is 1.04 bits per heavy atom. The third-order valence-corrected chi connectivity index (χ3v) is 4.06. The molecule has 2 heterocycles. The minimum absolute atomic E-state index is 0.0676. The van der Waals surface area contributed by atoms with Crippen molar-refractivity contribution in [2.75, 3.05) is 0 Å². The maximum Gasteiger partial charge on any atom is 0.270 e. The highest BCUT2D eigenvalue weighted by Gasteiger charge is 2.12. The molecule has 0 amide bonds. The topological polar surface area (TPSA) is 84.7 Å². The van der Waals surface area contributed by atoms with Crippen molar-refractivity contribution in [3.05, 3.63) is 88.6 Å². The maximum atomic E-state index is 11.1. The first-order valence-electron chi connectivity index (χ1n) is 7.81. The summed E-state index contributed by atoms with van der Waals surface area (Å²) < 4.78 is 0.